The smallest absolute Gasteiger partial charge is 0.267 e. The normalized spacial score (nSPS) is 13.9. The van der Waals surface area contributed by atoms with Crippen molar-refractivity contribution in [2.24, 2.45) is 0 Å². The number of furan rings is 1. The van der Waals surface area contributed by atoms with Crippen molar-refractivity contribution in [3.63, 3.8) is 0 Å². The van der Waals surface area contributed by atoms with Crippen LogP contribution in [0.3, 0.4) is 0 Å². The van der Waals surface area contributed by atoms with Gasteiger partial charge in [-0.05, 0) is 36.2 Å². The third-order valence-electron chi connectivity index (χ3n) is 5.29. The molecule has 0 spiro atoms. The molecule has 0 atom stereocenters. The summed E-state index contributed by atoms with van der Waals surface area (Å²) in [5.74, 6) is 0.569. The number of hydrogen-bond acceptors (Lipinski definition) is 5. The first-order valence-electron chi connectivity index (χ1n) is 11.1. The lowest BCUT2D eigenvalue weighted by atomic mass is 10.1. The van der Waals surface area contributed by atoms with Crippen molar-refractivity contribution in [1.82, 2.24) is 4.90 Å². The van der Waals surface area contributed by atoms with Crippen molar-refractivity contribution in [2.75, 3.05) is 11.9 Å². The molecule has 3 rings (SSSR count). The summed E-state index contributed by atoms with van der Waals surface area (Å²) in [6.07, 6.45) is 8.13. The molecule has 3 amide bonds. The molecule has 170 valence electrons. The number of benzene rings is 1. The van der Waals surface area contributed by atoms with Gasteiger partial charge in [0.05, 0.1) is 22.5 Å². The number of carbonyl (C=O) groups excluding carboxylic acids is 3. The molecular formula is C25H30N2O4S. The molecule has 32 heavy (non-hydrogen) atoms. The second kappa shape index (κ2) is 11.7. The highest BCUT2D eigenvalue weighted by Gasteiger charge is 2.38. The summed E-state index contributed by atoms with van der Waals surface area (Å²) in [5.41, 5.74) is 1.74. The zero-order chi connectivity index (χ0) is 22.9. The first-order chi connectivity index (χ1) is 15.5. The van der Waals surface area contributed by atoms with E-state index in [1.807, 2.05) is 6.07 Å². The first-order valence-corrected chi connectivity index (χ1v) is 12.1. The van der Waals surface area contributed by atoms with E-state index < -0.39 is 0 Å². The molecule has 6 nitrogen and oxygen atoms in total. The number of nitrogens with zero attached hydrogens (tertiary/aromatic N) is 1. The molecule has 1 aromatic heterocycles. The van der Waals surface area contributed by atoms with Crippen LogP contribution in [0.1, 0.15) is 63.7 Å². The quantitative estimate of drug-likeness (QED) is 0.333. The molecule has 0 bridgehead atoms. The summed E-state index contributed by atoms with van der Waals surface area (Å²) >= 11 is 1.33. The van der Waals surface area contributed by atoms with Crippen molar-refractivity contribution in [2.45, 2.75) is 58.1 Å². The number of imide groups is 1. The van der Waals surface area contributed by atoms with E-state index in [2.05, 4.69) is 12.2 Å². The van der Waals surface area contributed by atoms with Crippen LogP contribution in [0.25, 0.3) is 5.57 Å². The van der Waals surface area contributed by atoms with Crippen LogP contribution in [-0.4, -0.2) is 29.2 Å². The molecule has 1 N–H and O–H groups in total. The Balaban J connectivity index is 1.76. The monoisotopic (exact) mass is 454 g/mol. The summed E-state index contributed by atoms with van der Waals surface area (Å²) < 4.78 is 5.39. The lowest BCUT2D eigenvalue weighted by molar-refractivity contribution is -0.136. The zero-order valence-corrected chi connectivity index (χ0v) is 19.5. The maximum atomic E-state index is 13.3. The molecule has 0 unspecified atom stereocenters. The molecule has 0 saturated heterocycles. The van der Waals surface area contributed by atoms with Crippen molar-refractivity contribution in [1.29, 1.82) is 0 Å². The molecule has 2 aromatic rings. The Hall–Kier alpha value is -2.80. The lowest BCUT2D eigenvalue weighted by Gasteiger charge is -2.15. The third kappa shape index (κ3) is 6.13. The number of hydrogen-bond donors (Lipinski definition) is 1. The maximum absolute atomic E-state index is 13.3. The average Bonchev–Trinajstić information content (AvgIpc) is 3.36. The highest BCUT2D eigenvalue weighted by molar-refractivity contribution is 8.03. The molecule has 1 aliphatic heterocycles. The summed E-state index contributed by atoms with van der Waals surface area (Å²) in [7, 11) is 0. The number of anilines is 1. The second-order valence-corrected chi connectivity index (χ2v) is 8.85. The largest absolute Gasteiger partial charge is 0.468 e. The minimum absolute atomic E-state index is 0.163. The summed E-state index contributed by atoms with van der Waals surface area (Å²) in [5, 5.41) is 2.72. The van der Waals surface area contributed by atoms with E-state index in [1.54, 1.807) is 36.6 Å². The predicted molar refractivity (Wildman–Crippen MR) is 128 cm³/mol. The van der Waals surface area contributed by atoms with Gasteiger partial charge in [-0.2, -0.15) is 0 Å². The Morgan fingerprint density at radius 2 is 1.72 bits per heavy atom. The summed E-state index contributed by atoms with van der Waals surface area (Å²) in [4.78, 5) is 39.5. The van der Waals surface area contributed by atoms with Crippen molar-refractivity contribution >= 4 is 40.7 Å². The van der Waals surface area contributed by atoms with Gasteiger partial charge in [-0.1, -0.05) is 51.2 Å². The van der Waals surface area contributed by atoms with E-state index in [4.69, 9.17) is 4.42 Å². The third-order valence-corrected chi connectivity index (χ3v) is 6.39. The molecular weight excluding hydrogens is 424 g/mol. The zero-order valence-electron chi connectivity index (χ0n) is 18.7. The van der Waals surface area contributed by atoms with Crippen LogP contribution in [0.2, 0.25) is 0 Å². The van der Waals surface area contributed by atoms with Gasteiger partial charge in [0, 0.05) is 19.2 Å². The van der Waals surface area contributed by atoms with Gasteiger partial charge in [-0.3, -0.25) is 19.3 Å². The van der Waals surface area contributed by atoms with Gasteiger partial charge in [0.25, 0.3) is 11.8 Å². The molecule has 0 aliphatic carbocycles. The van der Waals surface area contributed by atoms with Gasteiger partial charge in [-0.15, -0.1) is 11.8 Å². The van der Waals surface area contributed by atoms with E-state index in [-0.39, 0.29) is 17.7 Å². The molecule has 0 radical (unpaired) electrons. The van der Waals surface area contributed by atoms with Gasteiger partial charge in [0.1, 0.15) is 5.76 Å². The number of nitrogens with one attached hydrogen (secondary N) is 1. The molecule has 1 aliphatic rings. The maximum Gasteiger partial charge on any atom is 0.267 e. The van der Waals surface area contributed by atoms with Crippen LogP contribution in [0.4, 0.5) is 5.69 Å². The fraction of sp³-hybridized carbons (Fsp3) is 0.400. The summed E-state index contributed by atoms with van der Waals surface area (Å²) in [6, 6.07) is 10.7. The van der Waals surface area contributed by atoms with Crippen molar-refractivity contribution < 1.29 is 18.8 Å². The van der Waals surface area contributed by atoms with E-state index >= 15 is 0 Å². The Morgan fingerprint density at radius 3 is 2.38 bits per heavy atom. The molecule has 2 heterocycles. The summed E-state index contributed by atoms with van der Waals surface area (Å²) in [6.45, 7) is 4.06. The standard InChI is InChI=1S/C25H30N2O4S/c1-3-4-5-6-7-8-15-27-24(29)22(19-11-13-20(14-12-19)26-18(2)28)23(25(27)30)32-17-21-10-9-16-31-21/h9-14,16H,3-8,15,17H2,1-2H3,(H,26,28). The van der Waals surface area contributed by atoms with E-state index in [9.17, 15) is 14.4 Å². The van der Waals surface area contributed by atoms with Gasteiger partial charge in [0.2, 0.25) is 5.91 Å². The van der Waals surface area contributed by atoms with Crippen LogP contribution >= 0.6 is 11.8 Å². The Morgan fingerprint density at radius 1 is 1.00 bits per heavy atom. The lowest BCUT2D eigenvalue weighted by Crippen LogP contribution is -2.32. The number of carbonyl (C=O) groups is 3. The molecule has 0 fully saturated rings. The minimum Gasteiger partial charge on any atom is -0.468 e. The number of unbranched alkanes of at least 4 members (excludes halogenated alkanes) is 5. The van der Waals surface area contributed by atoms with Gasteiger partial charge in [-0.25, -0.2) is 0 Å². The van der Waals surface area contributed by atoms with Crippen LogP contribution in [0.15, 0.2) is 52.0 Å². The Labute approximate surface area is 193 Å². The number of amides is 3. The highest BCUT2D eigenvalue weighted by atomic mass is 32.2. The van der Waals surface area contributed by atoms with E-state index in [0.29, 0.717) is 34.0 Å². The molecule has 0 saturated carbocycles. The van der Waals surface area contributed by atoms with Crippen LogP contribution < -0.4 is 5.32 Å². The van der Waals surface area contributed by atoms with Gasteiger partial charge >= 0.3 is 0 Å². The fourth-order valence-electron chi connectivity index (χ4n) is 3.66. The van der Waals surface area contributed by atoms with E-state index in [1.165, 1.54) is 42.8 Å². The van der Waals surface area contributed by atoms with Crippen LogP contribution in [0, 0.1) is 0 Å². The SMILES string of the molecule is CCCCCCCCN1C(=O)C(SCc2ccco2)=C(c2ccc(NC(C)=O)cc2)C1=O. The van der Waals surface area contributed by atoms with Crippen LogP contribution in [0.5, 0.6) is 0 Å². The highest BCUT2D eigenvalue weighted by Crippen LogP contribution is 2.38. The minimum atomic E-state index is -0.252. The topological polar surface area (TPSA) is 79.6 Å². The fourth-order valence-corrected chi connectivity index (χ4v) is 4.69. The number of rotatable bonds is 12. The predicted octanol–water partition coefficient (Wildman–Crippen LogP) is 5.61. The van der Waals surface area contributed by atoms with Gasteiger partial charge in [0.15, 0.2) is 0 Å². The van der Waals surface area contributed by atoms with Gasteiger partial charge < -0.3 is 9.73 Å². The second-order valence-electron chi connectivity index (χ2n) is 7.86. The van der Waals surface area contributed by atoms with Crippen molar-refractivity contribution in [3.8, 4) is 0 Å². The van der Waals surface area contributed by atoms with Crippen LogP contribution in [-0.2, 0) is 20.1 Å². The number of thioether (sulfide) groups is 1. The van der Waals surface area contributed by atoms with E-state index in [0.717, 1.165) is 25.0 Å². The van der Waals surface area contributed by atoms with Crippen molar-refractivity contribution in [3.05, 3.63) is 58.9 Å². The molecule has 1 aromatic carbocycles. The Kier molecular flexibility index (Phi) is 8.73. The average molecular weight is 455 g/mol. The Bertz CT molecular complexity index is 964. The molecule has 7 heteroatoms. The first kappa shape index (κ1) is 23.9.